The van der Waals surface area contributed by atoms with Gasteiger partial charge in [-0.25, -0.2) is 0 Å². The summed E-state index contributed by atoms with van der Waals surface area (Å²) in [5, 5.41) is 2.86. The highest BCUT2D eigenvalue weighted by molar-refractivity contribution is 7.80. The van der Waals surface area contributed by atoms with Crippen LogP contribution >= 0.6 is 12.2 Å². The van der Waals surface area contributed by atoms with Crippen LogP contribution in [0.25, 0.3) is 0 Å². The Labute approximate surface area is 123 Å². The van der Waals surface area contributed by atoms with E-state index in [0.29, 0.717) is 22.8 Å². The quantitative estimate of drug-likeness (QED) is 0.843. The summed E-state index contributed by atoms with van der Waals surface area (Å²) >= 11 is 4.93. The molecule has 0 atom stereocenters. The van der Waals surface area contributed by atoms with Gasteiger partial charge in [-0.05, 0) is 30.7 Å². The number of nitrogens with one attached hydrogen (secondary N) is 1. The minimum absolute atomic E-state index is 0.142. The maximum atomic E-state index is 12.1. The molecular weight excluding hydrogens is 270 g/mol. The molecule has 102 valence electrons. The molecule has 2 rings (SSSR count). The lowest BCUT2D eigenvalue weighted by Gasteiger charge is -2.08. The second-order valence-electron chi connectivity index (χ2n) is 4.38. The van der Waals surface area contributed by atoms with Crippen LogP contribution in [0.3, 0.4) is 0 Å². The fourth-order valence-corrected chi connectivity index (χ4v) is 1.96. The summed E-state index contributed by atoms with van der Waals surface area (Å²) < 4.78 is 0. The minimum Gasteiger partial charge on any atom is -0.389 e. The number of rotatable bonds is 4. The Bertz CT molecular complexity index is 655. The molecule has 1 aromatic carbocycles. The third kappa shape index (κ3) is 3.39. The van der Waals surface area contributed by atoms with Crippen LogP contribution in [-0.4, -0.2) is 15.9 Å². The monoisotopic (exact) mass is 285 g/mol. The van der Waals surface area contributed by atoms with Gasteiger partial charge < -0.3 is 11.1 Å². The van der Waals surface area contributed by atoms with Crippen molar-refractivity contribution in [2.24, 2.45) is 5.73 Å². The van der Waals surface area contributed by atoms with E-state index in [9.17, 15) is 4.79 Å². The second-order valence-corrected chi connectivity index (χ2v) is 4.82. The second kappa shape index (κ2) is 6.25. The first-order valence-electron chi connectivity index (χ1n) is 6.16. The van der Waals surface area contributed by atoms with Crippen LogP contribution < -0.4 is 11.1 Å². The van der Waals surface area contributed by atoms with E-state index in [1.165, 1.54) is 0 Å². The number of aromatic nitrogens is 1. The Morgan fingerprint density at radius 2 is 2.15 bits per heavy atom. The maximum Gasteiger partial charge on any atom is 0.253 e. The third-order valence-corrected chi connectivity index (χ3v) is 3.15. The van der Waals surface area contributed by atoms with E-state index in [1.54, 1.807) is 18.3 Å². The first-order chi connectivity index (χ1) is 9.58. The Morgan fingerprint density at radius 1 is 1.35 bits per heavy atom. The Balaban J connectivity index is 2.06. The number of pyridine rings is 1. The lowest BCUT2D eigenvalue weighted by Crippen LogP contribution is -2.24. The standard InChI is InChI=1S/C15H15N3OS/c1-10-13(6-3-7-17-10)15(19)18-9-11-4-2-5-12(8-11)14(16)20/h2-8H,9H2,1H3,(H2,16,20)(H,18,19). The maximum absolute atomic E-state index is 12.1. The zero-order valence-corrected chi connectivity index (χ0v) is 11.9. The molecular formula is C15H15N3OS. The number of nitrogens with zero attached hydrogens (tertiary/aromatic N) is 1. The molecule has 0 spiro atoms. The third-order valence-electron chi connectivity index (χ3n) is 2.92. The summed E-state index contributed by atoms with van der Waals surface area (Å²) in [6.45, 7) is 2.23. The van der Waals surface area contributed by atoms with Crippen LogP contribution in [0.2, 0.25) is 0 Å². The highest BCUT2D eigenvalue weighted by Crippen LogP contribution is 2.07. The van der Waals surface area contributed by atoms with Crippen molar-refractivity contribution in [3.63, 3.8) is 0 Å². The first kappa shape index (κ1) is 14.1. The summed E-state index contributed by atoms with van der Waals surface area (Å²) in [6, 6.07) is 11.0. The van der Waals surface area contributed by atoms with Gasteiger partial charge in [-0.15, -0.1) is 0 Å². The number of carbonyl (C=O) groups is 1. The van der Waals surface area contributed by atoms with E-state index in [2.05, 4.69) is 10.3 Å². The smallest absolute Gasteiger partial charge is 0.253 e. The topological polar surface area (TPSA) is 68.0 Å². The summed E-state index contributed by atoms with van der Waals surface area (Å²) in [5.74, 6) is -0.142. The largest absolute Gasteiger partial charge is 0.389 e. The molecule has 20 heavy (non-hydrogen) atoms. The first-order valence-corrected chi connectivity index (χ1v) is 6.57. The van der Waals surface area contributed by atoms with Crippen LogP contribution in [0.4, 0.5) is 0 Å². The van der Waals surface area contributed by atoms with Crippen molar-refractivity contribution in [3.05, 3.63) is 65.0 Å². The number of hydrogen-bond donors (Lipinski definition) is 2. The Morgan fingerprint density at radius 3 is 2.85 bits per heavy atom. The van der Waals surface area contributed by atoms with E-state index in [4.69, 9.17) is 18.0 Å². The number of carbonyl (C=O) groups excluding carboxylic acids is 1. The Hall–Kier alpha value is -2.27. The lowest BCUT2D eigenvalue weighted by molar-refractivity contribution is 0.0950. The molecule has 1 heterocycles. The number of amides is 1. The van der Waals surface area contributed by atoms with Crippen molar-refractivity contribution < 1.29 is 4.79 Å². The van der Waals surface area contributed by atoms with Crippen LogP contribution in [0.15, 0.2) is 42.6 Å². The van der Waals surface area contributed by atoms with Gasteiger partial charge in [0.05, 0.1) is 5.56 Å². The van der Waals surface area contributed by atoms with Gasteiger partial charge in [0.1, 0.15) is 4.99 Å². The Kier molecular flexibility index (Phi) is 4.42. The van der Waals surface area contributed by atoms with Crippen LogP contribution in [-0.2, 0) is 6.54 Å². The zero-order chi connectivity index (χ0) is 14.5. The van der Waals surface area contributed by atoms with Crippen LogP contribution in [0, 0.1) is 6.92 Å². The molecule has 1 aromatic heterocycles. The molecule has 0 aliphatic rings. The molecule has 1 amide bonds. The van der Waals surface area contributed by atoms with E-state index in [-0.39, 0.29) is 5.91 Å². The van der Waals surface area contributed by atoms with Crippen molar-refractivity contribution in [2.75, 3.05) is 0 Å². The molecule has 4 nitrogen and oxygen atoms in total. The van der Waals surface area contributed by atoms with Gasteiger partial charge in [0.25, 0.3) is 5.91 Å². The predicted octanol–water partition coefficient (Wildman–Crippen LogP) is 1.95. The van der Waals surface area contributed by atoms with Gasteiger partial charge >= 0.3 is 0 Å². The number of aryl methyl sites for hydroxylation is 1. The van der Waals surface area contributed by atoms with Crippen molar-refractivity contribution in [1.29, 1.82) is 0 Å². The number of hydrogen-bond acceptors (Lipinski definition) is 3. The van der Waals surface area contributed by atoms with E-state index >= 15 is 0 Å². The zero-order valence-electron chi connectivity index (χ0n) is 11.1. The SMILES string of the molecule is Cc1ncccc1C(=O)NCc1cccc(C(N)=S)c1. The molecule has 0 unspecified atom stereocenters. The molecule has 0 saturated carbocycles. The van der Waals surface area contributed by atoms with E-state index in [1.807, 2.05) is 31.2 Å². The fourth-order valence-electron chi connectivity index (χ4n) is 1.84. The van der Waals surface area contributed by atoms with Crippen molar-refractivity contribution in [1.82, 2.24) is 10.3 Å². The summed E-state index contributed by atoms with van der Waals surface area (Å²) in [6.07, 6.45) is 1.66. The average Bonchev–Trinajstić information content (AvgIpc) is 2.45. The van der Waals surface area contributed by atoms with Gasteiger partial charge in [-0.3, -0.25) is 9.78 Å². The van der Waals surface area contributed by atoms with Gasteiger partial charge in [0.15, 0.2) is 0 Å². The van der Waals surface area contributed by atoms with Gasteiger partial charge in [0, 0.05) is 24.0 Å². The van der Waals surface area contributed by atoms with Crippen LogP contribution in [0.5, 0.6) is 0 Å². The molecule has 5 heteroatoms. The molecule has 0 aliphatic carbocycles. The normalized spacial score (nSPS) is 10.1. The molecule has 0 fully saturated rings. The molecule has 2 aromatic rings. The summed E-state index contributed by atoms with van der Waals surface area (Å²) in [7, 11) is 0. The number of nitrogens with two attached hydrogens (primary N) is 1. The molecule has 0 aliphatic heterocycles. The average molecular weight is 285 g/mol. The molecule has 0 radical (unpaired) electrons. The van der Waals surface area contributed by atoms with Crippen LogP contribution in [0.1, 0.15) is 27.2 Å². The van der Waals surface area contributed by atoms with Gasteiger partial charge in [0.2, 0.25) is 0 Å². The van der Waals surface area contributed by atoms with Crippen molar-refractivity contribution >= 4 is 23.1 Å². The van der Waals surface area contributed by atoms with E-state index in [0.717, 1.165) is 11.1 Å². The van der Waals surface area contributed by atoms with Gasteiger partial charge in [-0.1, -0.05) is 30.4 Å². The molecule has 0 saturated heterocycles. The highest BCUT2D eigenvalue weighted by Gasteiger charge is 2.08. The highest BCUT2D eigenvalue weighted by atomic mass is 32.1. The lowest BCUT2D eigenvalue weighted by atomic mass is 10.1. The van der Waals surface area contributed by atoms with Gasteiger partial charge in [-0.2, -0.15) is 0 Å². The number of thiocarbonyl (C=S) groups is 1. The summed E-state index contributed by atoms with van der Waals surface area (Å²) in [4.78, 5) is 16.5. The fraction of sp³-hybridized carbons (Fsp3) is 0.133. The van der Waals surface area contributed by atoms with Crippen molar-refractivity contribution in [3.8, 4) is 0 Å². The summed E-state index contributed by atoms with van der Waals surface area (Å²) in [5.41, 5.74) is 8.62. The van der Waals surface area contributed by atoms with E-state index < -0.39 is 0 Å². The molecule has 3 N–H and O–H groups in total. The number of benzene rings is 1. The predicted molar refractivity (Wildman–Crippen MR) is 82.5 cm³/mol. The molecule has 0 bridgehead atoms. The van der Waals surface area contributed by atoms with Crippen molar-refractivity contribution in [2.45, 2.75) is 13.5 Å². The minimum atomic E-state index is -0.142.